The highest BCUT2D eigenvalue weighted by Crippen LogP contribution is 2.20. The van der Waals surface area contributed by atoms with Gasteiger partial charge in [0.25, 0.3) is 0 Å². The van der Waals surface area contributed by atoms with E-state index in [1.807, 2.05) is 13.8 Å². The lowest BCUT2D eigenvalue weighted by Crippen LogP contribution is -2.26. The molecule has 1 heterocycles. The first-order valence-corrected chi connectivity index (χ1v) is 4.35. The van der Waals surface area contributed by atoms with Gasteiger partial charge in [-0.15, -0.1) is 0 Å². The summed E-state index contributed by atoms with van der Waals surface area (Å²) in [6.45, 7) is 4.57. The molecular formula is C10H15FN2. The third-order valence-corrected chi connectivity index (χ3v) is 2.06. The van der Waals surface area contributed by atoms with Gasteiger partial charge in [-0.05, 0) is 24.4 Å². The Morgan fingerprint density at radius 1 is 1.54 bits per heavy atom. The average Bonchev–Trinajstić information content (AvgIpc) is 2.09. The van der Waals surface area contributed by atoms with Crippen LogP contribution in [0.2, 0.25) is 0 Å². The normalized spacial score (nSPS) is 11.7. The Balaban J connectivity index is 2.80. The van der Waals surface area contributed by atoms with Gasteiger partial charge in [-0.2, -0.15) is 4.39 Å². The van der Waals surface area contributed by atoms with E-state index in [4.69, 9.17) is 5.73 Å². The van der Waals surface area contributed by atoms with Crippen molar-refractivity contribution >= 4 is 0 Å². The summed E-state index contributed by atoms with van der Waals surface area (Å²) in [6, 6.07) is 3.49. The first-order chi connectivity index (χ1) is 6.05. The summed E-state index contributed by atoms with van der Waals surface area (Å²) in [4.78, 5) is 3.59. The Bertz CT molecular complexity index is 284. The molecule has 0 spiro atoms. The minimum absolute atomic E-state index is 0.0656. The largest absolute Gasteiger partial charge is 0.330 e. The van der Waals surface area contributed by atoms with E-state index in [9.17, 15) is 4.39 Å². The van der Waals surface area contributed by atoms with Crippen molar-refractivity contribution in [3.05, 3.63) is 29.8 Å². The fourth-order valence-corrected chi connectivity index (χ4v) is 1.14. The maximum atomic E-state index is 13.1. The Morgan fingerprint density at radius 2 is 2.23 bits per heavy atom. The second-order valence-electron chi connectivity index (χ2n) is 4.00. The molecule has 0 fully saturated rings. The lowest BCUT2D eigenvalue weighted by Gasteiger charge is -2.21. The SMILES string of the molecule is CC(C)(CN)Cc1cccnc1F. The van der Waals surface area contributed by atoms with Gasteiger partial charge in [0.15, 0.2) is 0 Å². The molecule has 2 N–H and O–H groups in total. The minimum Gasteiger partial charge on any atom is -0.330 e. The summed E-state index contributed by atoms with van der Waals surface area (Å²) in [5.41, 5.74) is 6.13. The molecule has 0 unspecified atom stereocenters. The zero-order chi connectivity index (χ0) is 9.90. The third-order valence-electron chi connectivity index (χ3n) is 2.06. The van der Waals surface area contributed by atoms with Crippen LogP contribution in [0.3, 0.4) is 0 Å². The number of hydrogen-bond acceptors (Lipinski definition) is 2. The molecule has 13 heavy (non-hydrogen) atoms. The maximum Gasteiger partial charge on any atom is 0.216 e. The summed E-state index contributed by atoms with van der Waals surface area (Å²) in [6.07, 6.45) is 2.08. The van der Waals surface area contributed by atoms with Crippen LogP contribution in [0, 0.1) is 11.4 Å². The van der Waals surface area contributed by atoms with Crippen LogP contribution in [0.15, 0.2) is 18.3 Å². The number of hydrogen-bond donors (Lipinski definition) is 1. The number of nitrogens with zero attached hydrogens (tertiary/aromatic N) is 1. The molecule has 72 valence electrons. The summed E-state index contributed by atoms with van der Waals surface area (Å²) in [5.74, 6) is -0.385. The van der Waals surface area contributed by atoms with Gasteiger partial charge in [-0.3, -0.25) is 0 Å². The molecule has 2 nitrogen and oxygen atoms in total. The van der Waals surface area contributed by atoms with Gasteiger partial charge in [0.05, 0.1) is 0 Å². The first-order valence-electron chi connectivity index (χ1n) is 4.35. The molecule has 0 saturated carbocycles. The zero-order valence-corrected chi connectivity index (χ0v) is 8.05. The van der Waals surface area contributed by atoms with Gasteiger partial charge >= 0.3 is 0 Å². The number of rotatable bonds is 3. The Labute approximate surface area is 78.0 Å². The van der Waals surface area contributed by atoms with E-state index in [0.29, 0.717) is 18.5 Å². The Morgan fingerprint density at radius 3 is 2.77 bits per heavy atom. The fourth-order valence-electron chi connectivity index (χ4n) is 1.14. The molecule has 3 heteroatoms. The minimum atomic E-state index is -0.385. The highest BCUT2D eigenvalue weighted by molar-refractivity contribution is 5.12. The maximum absolute atomic E-state index is 13.1. The molecule has 1 rings (SSSR count). The highest BCUT2D eigenvalue weighted by Gasteiger charge is 2.18. The monoisotopic (exact) mass is 182 g/mol. The van der Waals surface area contributed by atoms with Gasteiger partial charge < -0.3 is 5.73 Å². The predicted octanol–water partition coefficient (Wildman–Crippen LogP) is 1.75. The molecule has 0 atom stereocenters. The fraction of sp³-hybridized carbons (Fsp3) is 0.500. The molecule has 0 saturated heterocycles. The molecule has 0 aromatic carbocycles. The van der Waals surface area contributed by atoms with Gasteiger partial charge in [-0.25, -0.2) is 4.98 Å². The molecule has 0 amide bonds. The summed E-state index contributed by atoms with van der Waals surface area (Å²) in [5, 5.41) is 0. The number of nitrogens with two attached hydrogens (primary N) is 1. The van der Waals surface area contributed by atoms with Crippen LogP contribution in [0.25, 0.3) is 0 Å². The summed E-state index contributed by atoms with van der Waals surface area (Å²) >= 11 is 0. The van der Waals surface area contributed by atoms with E-state index < -0.39 is 0 Å². The van der Waals surface area contributed by atoms with Crippen molar-refractivity contribution in [3.63, 3.8) is 0 Å². The lowest BCUT2D eigenvalue weighted by atomic mass is 9.86. The highest BCUT2D eigenvalue weighted by atomic mass is 19.1. The second kappa shape index (κ2) is 3.83. The summed E-state index contributed by atoms with van der Waals surface area (Å²) < 4.78 is 13.1. The molecule has 0 radical (unpaired) electrons. The van der Waals surface area contributed by atoms with E-state index in [2.05, 4.69) is 4.98 Å². The number of pyridine rings is 1. The van der Waals surface area contributed by atoms with Gasteiger partial charge in [0.1, 0.15) is 0 Å². The van der Waals surface area contributed by atoms with Crippen LogP contribution >= 0.6 is 0 Å². The van der Waals surface area contributed by atoms with E-state index in [1.165, 1.54) is 6.20 Å². The molecule has 0 aliphatic heterocycles. The standard InChI is InChI=1S/C10H15FN2/c1-10(2,7-12)6-8-4-3-5-13-9(8)11/h3-5H,6-7,12H2,1-2H3. The van der Waals surface area contributed by atoms with Crippen molar-refractivity contribution < 1.29 is 4.39 Å². The predicted molar refractivity (Wildman–Crippen MR) is 50.7 cm³/mol. The van der Waals surface area contributed by atoms with Crippen molar-refractivity contribution in [2.45, 2.75) is 20.3 Å². The molecule has 1 aromatic rings. The quantitative estimate of drug-likeness (QED) is 0.723. The topological polar surface area (TPSA) is 38.9 Å². The van der Waals surface area contributed by atoms with Crippen LogP contribution in [-0.4, -0.2) is 11.5 Å². The molecule has 1 aromatic heterocycles. The van der Waals surface area contributed by atoms with Crippen molar-refractivity contribution in [1.82, 2.24) is 4.98 Å². The molecule has 0 aliphatic rings. The zero-order valence-electron chi connectivity index (χ0n) is 8.05. The van der Waals surface area contributed by atoms with Crippen molar-refractivity contribution in [3.8, 4) is 0 Å². The number of halogens is 1. The van der Waals surface area contributed by atoms with Crippen LogP contribution in [0.1, 0.15) is 19.4 Å². The van der Waals surface area contributed by atoms with Crippen molar-refractivity contribution in [1.29, 1.82) is 0 Å². The van der Waals surface area contributed by atoms with Crippen LogP contribution in [-0.2, 0) is 6.42 Å². The van der Waals surface area contributed by atoms with Crippen LogP contribution in [0.4, 0.5) is 4.39 Å². The van der Waals surface area contributed by atoms with Crippen LogP contribution in [0.5, 0.6) is 0 Å². The number of aromatic nitrogens is 1. The van der Waals surface area contributed by atoms with E-state index in [1.54, 1.807) is 12.1 Å². The van der Waals surface area contributed by atoms with E-state index in [0.717, 1.165) is 0 Å². The smallest absolute Gasteiger partial charge is 0.216 e. The van der Waals surface area contributed by atoms with Gasteiger partial charge in [0.2, 0.25) is 5.95 Å². The van der Waals surface area contributed by atoms with Crippen LogP contribution < -0.4 is 5.73 Å². The molecule has 0 aliphatic carbocycles. The molecule has 0 bridgehead atoms. The van der Waals surface area contributed by atoms with Gasteiger partial charge in [-0.1, -0.05) is 19.9 Å². The lowest BCUT2D eigenvalue weighted by molar-refractivity contribution is 0.367. The summed E-state index contributed by atoms with van der Waals surface area (Å²) in [7, 11) is 0. The molecular weight excluding hydrogens is 167 g/mol. The third kappa shape index (κ3) is 2.77. The van der Waals surface area contributed by atoms with E-state index >= 15 is 0 Å². The Kier molecular flexibility index (Phi) is 2.98. The van der Waals surface area contributed by atoms with Gasteiger partial charge in [0, 0.05) is 11.8 Å². The first kappa shape index (κ1) is 10.1. The van der Waals surface area contributed by atoms with E-state index in [-0.39, 0.29) is 11.4 Å². The van der Waals surface area contributed by atoms with Crippen molar-refractivity contribution in [2.24, 2.45) is 11.1 Å². The Hall–Kier alpha value is -0.960. The average molecular weight is 182 g/mol. The van der Waals surface area contributed by atoms with Crippen molar-refractivity contribution in [2.75, 3.05) is 6.54 Å². The second-order valence-corrected chi connectivity index (χ2v) is 4.00.